The van der Waals surface area contributed by atoms with Gasteiger partial charge in [-0.3, -0.25) is 4.79 Å². The van der Waals surface area contributed by atoms with Crippen molar-refractivity contribution in [1.82, 2.24) is 9.97 Å². The summed E-state index contributed by atoms with van der Waals surface area (Å²) in [5, 5.41) is 18.1. The number of aliphatic carboxylic acids is 1. The standard InChI is InChI=1S/C22H26FN3O6S/c1-13(2)19-17(11-9-16(27)10-12-18(28)21(29)30)20(14-5-7-15(23)8-6-14)25-22(24-19)26(3)33(4,31)32/h5-9,11,13,18,28H,10,12H2,1-4H3,(H,29,30)/b11-9+/t18-/m1/s1. The van der Waals surface area contributed by atoms with Crippen molar-refractivity contribution in [1.29, 1.82) is 0 Å². The lowest BCUT2D eigenvalue weighted by Crippen LogP contribution is -2.27. The number of nitrogens with zero attached hydrogens (tertiary/aromatic N) is 3. The fourth-order valence-corrected chi connectivity index (χ4v) is 3.24. The molecule has 0 aliphatic carbocycles. The van der Waals surface area contributed by atoms with Crippen molar-refractivity contribution in [2.75, 3.05) is 17.6 Å². The maximum Gasteiger partial charge on any atom is 0.332 e. The molecule has 0 unspecified atom stereocenters. The first kappa shape index (κ1) is 26.1. The first-order valence-electron chi connectivity index (χ1n) is 10.0. The van der Waals surface area contributed by atoms with Crippen LogP contribution in [0.1, 0.15) is 43.9 Å². The molecule has 0 spiro atoms. The number of rotatable bonds is 10. The molecular weight excluding hydrogens is 453 g/mol. The highest BCUT2D eigenvalue weighted by atomic mass is 32.2. The highest BCUT2D eigenvalue weighted by molar-refractivity contribution is 7.92. The highest BCUT2D eigenvalue weighted by Gasteiger charge is 2.22. The molecule has 2 aromatic rings. The number of halogens is 1. The summed E-state index contributed by atoms with van der Waals surface area (Å²) in [6.07, 6.45) is 1.64. The minimum absolute atomic E-state index is 0.0754. The van der Waals surface area contributed by atoms with Gasteiger partial charge in [-0.05, 0) is 48.8 Å². The number of ketones is 1. The van der Waals surface area contributed by atoms with E-state index in [2.05, 4.69) is 9.97 Å². The molecular formula is C22H26FN3O6S. The number of carboxylic acid groups (broad SMARTS) is 1. The Morgan fingerprint density at radius 2 is 1.79 bits per heavy atom. The number of carbonyl (C=O) groups is 2. The summed E-state index contributed by atoms with van der Waals surface area (Å²) in [6.45, 7) is 3.67. The quantitative estimate of drug-likeness (QED) is 0.496. The molecule has 11 heteroatoms. The van der Waals surface area contributed by atoms with Crippen molar-refractivity contribution in [3.8, 4) is 11.3 Å². The van der Waals surface area contributed by atoms with E-state index in [9.17, 15) is 27.5 Å². The number of sulfonamides is 1. The van der Waals surface area contributed by atoms with E-state index < -0.39 is 33.7 Å². The molecule has 0 saturated carbocycles. The van der Waals surface area contributed by atoms with Gasteiger partial charge in [0.05, 0.1) is 17.6 Å². The molecule has 0 aliphatic rings. The van der Waals surface area contributed by atoms with Crippen molar-refractivity contribution in [2.45, 2.75) is 38.7 Å². The van der Waals surface area contributed by atoms with Gasteiger partial charge in [0, 0.05) is 24.6 Å². The van der Waals surface area contributed by atoms with Crippen LogP contribution in [0, 0.1) is 5.82 Å². The average molecular weight is 480 g/mol. The number of carboxylic acids is 1. The van der Waals surface area contributed by atoms with Crippen LogP contribution in [0.15, 0.2) is 30.3 Å². The Morgan fingerprint density at radius 1 is 1.18 bits per heavy atom. The third kappa shape index (κ3) is 6.90. The Balaban J connectivity index is 2.60. The number of carbonyl (C=O) groups excluding carboxylic acids is 1. The van der Waals surface area contributed by atoms with Gasteiger partial charge in [0.2, 0.25) is 16.0 Å². The monoisotopic (exact) mass is 479 g/mol. The number of benzene rings is 1. The van der Waals surface area contributed by atoms with E-state index in [4.69, 9.17) is 5.11 Å². The molecule has 9 nitrogen and oxygen atoms in total. The lowest BCUT2D eigenvalue weighted by molar-refractivity contribution is -0.147. The van der Waals surface area contributed by atoms with Gasteiger partial charge in [-0.25, -0.2) is 31.9 Å². The molecule has 2 rings (SSSR count). The lowest BCUT2D eigenvalue weighted by Gasteiger charge is -2.20. The summed E-state index contributed by atoms with van der Waals surface area (Å²) in [7, 11) is -2.35. The molecule has 178 valence electrons. The van der Waals surface area contributed by atoms with Crippen LogP contribution in [-0.4, -0.2) is 59.8 Å². The molecule has 1 aromatic carbocycles. The predicted octanol–water partition coefficient (Wildman–Crippen LogP) is 2.61. The van der Waals surface area contributed by atoms with E-state index in [1.54, 1.807) is 0 Å². The summed E-state index contributed by atoms with van der Waals surface area (Å²) >= 11 is 0. The van der Waals surface area contributed by atoms with Crippen LogP contribution < -0.4 is 4.31 Å². The fourth-order valence-electron chi connectivity index (χ4n) is 2.86. The van der Waals surface area contributed by atoms with E-state index in [0.29, 0.717) is 22.5 Å². The van der Waals surface area contributed by atoms with Gasteiger partial charge in [0.15, 0.2) is 11.9 Å². The molecule has 1 heterocycles. The van der Waals surface area contributed by atoms with E-state index in [1.165, 1.54) is 43.5 Å². The minimum Gasteiger partial charge on any atom is -0.479 e. The van der Waals surface area contributed by atoms with Crippen LogP contribution in [0.4, 0.5) is 10.3 Å². The molecule has 0 bridgehead atoms. The Bertz CT molecular complexity index is 1160. The van der Waals surface area contributed by atoms with Crippen molar-refractivity contribution in [3.05, 3.63) is 47.4 Å². The van der Waals surface area contributed by atoms with E-state index in [-0.39, 0.29) is 24.7 Å². The van der Waals surface area contributed by atoms with Gasteiger partial charge in [0.1, 0.15) is 5.82 Å². The number of aliphatic hydroxyl groups excluding tert-OH is 1. The van der Waals surface area contributed by atoms with Gasteiger partial charge in [0.25, 0.3) is 0 Å². The van der Waals surface area contributed by atoms with Crippen molar-refractivity contribution in [2.24, 2.45) is 0 Å². The predicted molar refractivity (Wildman–Crippen MR) is 122 cm³/mol. The number of hydrogen-bond donors (Lipinski definition) is 2. The summed E-state index contributed by atoms with van der Waals surface area (Å²) in [5.41, 5.74) is 1.69. The van der Waals surface area contributed by atoms with Crippen LogP contribution in [0.25, 0.3) is 17.3 Å². The molecule has 2 N–H and O–H groups in total. The number of aliphatic hydroxyl groups is 1. The zero-order chi connectivity index (χ0) is 24.9. The summed E-state index contributed by atoms with van der Waals surface area (Å²) in [6, 6.07) is 5.43. The molecule has 0 saturated heterocycles. The third-order valence-corrected chi connectivity index (χ3v) is 5.95. The number of hydrogen-bond acceptors (Lipinski definition) is 7. The van der Waals surface area contributed by atoms with Gasteiger partial charge < -0.3 is 10.2 Å². The smallest absolute Gasteiger partial charge is 0.332 e. The van der Waals surface area contributed by atoms with Gasteiger partial charge in [-0.1, -0.05) is 13.8 Å². The van der Waals surface area contributed by atoms with Crippen LogP contribution in [0.3, 0.4) is 0 Å². The van der Waals surface area contributed by atoms with Crippen molar-refractivity contribution >= 4 is 33.8 Å². The number of allylic oxidation sites excluding steroid dienone is 1. The van der Waals surface area contributed by atoms with Crippen LogP contribution in [0.2, 0.25) is 0 Å². The summed E-state index contributed by atoms with van der Waals surface area (Å²) < 4.78 is 38.5. The first-order valence-corrected chi connectivity index (χ1v) is 11.9. The Kier molecular flexibility index (Phi) is 8.39. The third-order valence-electron chi connectivity index (χ3n) is 4.79. The molecule has 0 amide bonds. The summed E-state index contributed by atoms with van der Waals surface area (Å²) in [4.78, 5) is 31.8. The van der Waals surface area contributed by atoms with Crippen molar-refractivity contribution < 1.29 is 32.6 Å². The van der Waals surface area contributed by atoms with Crippen LogP contribution >= 0.6 is 0 Å². The molecule has 1 aromatic heterocycles. The van der Waals surface area contributed by atoms with Gasteiger partial charge in [-0.15, -0.1) is 0 Å². The van der Waals surface area contributed by atoms with Crippen LogP contribution in [-0.2, 0) is 19.6 Å². The second-order valence-corrected chi connectivity index (χ2v) is 9.77. The maximum atomic E-state index is 13.5. The molecule has 1 atom stereocenters. The van der Waals surface area contributed by atoms with Crippen LogP contribution in [0.5, 0.6) is 0 Å². The number of aromatic nitrogens is 2. The minimum atomic E-state index is -3.66. The highest BCUT2D eigenvalue weighted by Crippen LogP contribution is 2.31. The normalized spacial score (nSPS) is 12.8. The SMILES string of the molecule is CC(C)c1nc(N(C)S(C)(=O)=O)nc(-c2ccc(F)cc2)c1/C=C/C(=O)CC[C@@H](O)C(=O)O. The van der Waals surface area contributed by atoms with E-state index >= 15 is 0 Å². The Morgan fingerprint density at radius 3 is 2.30 bits per heavy atom. The zero-order valence-corrected chi connectivity index (χ0v) is 19.5. The second-order valence-electron chi connectivity index (χ2n) is 7.76. The van der Waals surface area contributed by atoms with Gasteiger partial charge in [-0.2, -0.15) is 0 Å². The van der Waals surface area contributed by atoms with Crippen molar-refractivity contribution in [3.63, 3.8) is 0 Å². The lowest BCUT2D eigenvalue weighted by atomic mass is 9.97. The maximum absolute atomic E-state index is 13.5. The van der Waals surface area contributed by atoms with E-state index in [0.717, 1.165) is 10.6 Å². The topological polar surface area (TPSA) is 138 Å². The summed E-state index contributed by atoms with van der Waals surface area (Å²) in [5.74, 6) is -2.57. The molecule has 0 radical (unpaired) electrons. The second kappa shape index (κ2) is 10.6. The average Bonchev–Trinajstić information content (AvgIpc) is 2.74. The largest absolute Gasteiger partial charge is 0.479 e. The zero-order valence-electron chi connectivity index (χ0n) is 18.7. The Hall–Kier alpha value is -3.18. The Labute approximate surface area is 191 Å². The van der Waals surface area contributed by atoms with Gasteiger partial charge >= 0.3 is 5.97 Å². The molecule has 0 aliphatic heterocycles. The fraction of sp³-hybridized carbons (Fsp3) is 0.364. The first-order chi connectivity index (χ1) is 15.3. The van der Waals surface area contributed by atoms with E-state index in [1.807, 2.05) is 13.8 Å². The number of anilines is 1. The molecule has 0 fully saturated rings. The molecule has 33 heavy (non-hydrogen) atoms.